The third-order valence-corrected chi connectivity index (χ3v) is 5.80. The van der Waals surface area contributed by atoms with Crippen molar-refractivity contribution < 1.29 is 14.3 Å². The highest BCUT2D eigenvalue weighted by molar-refractivity contribution is 7.15. The Kier molecular flexibility index (Phi) is 11.2. The van der Waals surface area contributed by atoms with Crippen molar-refractivity contribution in [2.45, 2.75) is 52.9 Å². The highest BCUT2D eigenvalue weighted by atomic mass is 32.1. The number of nitrogens with zero attached hydrogens (tertiary/aromatic N) is 4. The van der Waals surface area contributed by atoms with E-state index < -0.39 is 6.09 Å². The number of carbonyl (C=O) groups excluding carboxylic acids is 2. The van der Waals surface area contributed by atoms with Gasteiger partial charge in [0, 0.05) is 6.42 Å². The second kappa shape index (κ2) is 14.2. The van der Waals surface area contributed by atoms with E-state index in [4.69, 9.17) is 4.74 Å². The van der Waals surface area contributed by atoms with Crippen molar-refractivity contribution >= 4 is 44.9 Å². The van der Waals surface area contributed by atoms with Gasteiger partial charge < -0.3 is 10.1 Å². The predicted molar refractivity (Wildman–Crippen MR) is 127 cm³/mol. The van der Waals surface area contributed by atoms with Crippen LogP contribution in [0.25, 0.3) is 0 Å². The summed E-state index contributed by atoms with van der Waals surface area (Å²) in [5, 5.41) is 23.9. The van der Waals surface area contributed by atoms with Crippen LogP contribution in [0.4, 0.5) is 15.1 Å². The first-order valence-electron chi connectivity index (χ1n) is 10.5. The van der Waals surface area contributed by atoms with Gasteiger partial charge in [0.05, 0.1) is 13.0 Å². The number of amides is 2. The lowest BCUT2D eigenvalue weighted by Gasteiger charge is -2.00. The van der Waals surface area contributed by atoms with E-state index in [0.29, 0.717) is 23.3 Å². The summed E-state index contributed by atoms with van der Waals surface area (Å²) in [4.78, 5) is 22.7. The van der Waals surface area contributed by atoms with Gasteiger partial charge in [0.1, 0.15) is 10.0 Å². The minimum atomic E-state index is -0.476. The largest absolute Gasteiger partial charge is 0.450 e. The van der Waals surface area contributed by atoms with Crippen LogP contribution in [0, 0.1) is 0 Å². The van der Waals surface area contributed by atoms with E-state index >= 15 is 0 Å². The Bertz CT molecular complexity index is 961. The highest BCUT2D eigenvalue weighted by Gasteiger charge is 2.08. The van der Waals surface area contributed by atoms with Crippen molar-refractivity contribution in [3.05, 3.63) is 45.9 Å². The summed E-state index contributed by atoms with van der Waals surface area (Å²) in [7, 11) is 0. The third kappa shape index (κ3) is 9.48. The lowest BCUT2D eigenvalue weighted by molar-refractivity contribution is -0.115. The summed E-state index contributed by atoms with van der Waals surface area (Å²) in [6, 6.07) is 9.62. The first kappa shape index (κ1) is 25.3. The molecule has 172 valence electrons. The molecule has 1 aromatic carbocycles. The topological polar surface area (TPSA) is 119 Å². The summed E-state index contributed by atoms with van der Waals surface area (Å²) in [5.74, 6) is -0.0602. The van der Waals surface area contributed by atoms with Crippen LogP contribution in [0.1, 0.15) is 49.2 Å². The van der Waals surface area contributed by atoms with Crippen molar-refractivity contribution in [3.63, 3.8) is 0 Å². The Morgan fingerprint density at radius 1 is 0.906 bits per heavy atom. The second-order valence-corrected chi connectivity index (χ2v) is 8.64. The molecule has 0 unspecified atom stereocenters. The minimum Gasteiger partial charge on any atom is -0.450 e. The molecule has 2 amide bonds. The standard InChI is InChI=1S/C12H13N3OS.C9H15N3O2S/c1-2-11-14-15-12(17-11)13-10(16)8-9-6-4-3-5-7-9;1-3-5-6-7-11-12-8(15-7)10-9(13)14-4-2/h3-7H,2,8H2,1H3,(H,13,15,16);3-6H2,1-2H3,(H,10,12,13). The zero-order valence-corrected chi connectivity index (χ0v) is 20.1. The van der Waals surface area contributed by atoms with Gasteiger partial charge in [-0.1, -0.05) is 73.3 Å². The number of aryl methyl sites for hydroxylation is 2. The Balaban J connectivity index is 0.000000229. The van der Waals surface area contributed by atoms with E-state index in [1.807, 2.05) is 37.3 Å². The summed E-state index contributed by atoms with van der Waals surface area (Å²) >= 11 is 2.81. The molecule has 9 nitrogen and oxygen atoms in total. The number of nitrogens with one attached hydrogen (secondary N) is 2. The average Bonchev–Trinajstić information content (AvgIpc) is 3.42. The molecule has 0 aliphatic carbocycles. The van der Waals surface area contributed by atoms with Gasteiger partial charge in [-0.05, 0) is 25.3 Å². The first-order valence-corrected chi connectivity index (χ1v) is 12.1. The van der Waals surface area contributed by atoms with Crippen molar-refractivity contribution in [1.82, 2.24) is 20.4 Å². The lowest BCUT2D eigenvalue weighted by Crippen LogP contribution is -2.14. The van der Waals surface area contributed by atoms with Crippen molar-refractivity contribution in [1.29, 1.82) is 0 Å². The van der Waals surface area contributed by atoms with Gasteiger partial charge in [0.15, 0.2) is 0 Å². The van der Waals surface area contributed by atoms with Crippen LogP contribution >= 0.6 is 22.7 Å². The molecule has 3 aromatic rings. The van der Waals surface area contributed by atoms with E-state index in [2.05, 4.69) is 38.0 Å². The van der Waals surface area contributed by atoms with E-state index in [1.165, 1.54) is 22.7 Å². The van der Waals surface area contributed by atoms with E-state index in [1.54, 1.807) is 6.92 Å². The molecular formula is C21H28N6O3S2. The molecule has 0 bridgehead atoms. The Morgan fingerprint density at radius 2 is 1.56 bits per heavy atom. The zero-order valence-electron chi connectivity index (χ0n) is 18.5. The van der Waals surface area contributed by atoms with Crippen LogP contribution in [0.5, 0.6) is 0 Å². The number of unbranched alkanes of at least 4 members (excludes halogenated alkanes) is 1. The molecular weight excluding hydrogens is 448 g/mol. The SMILES string of the molecule is CCCCc1nnc(NC(=O)OCC)s1.CCc1nnc(NC(=O)Cc2ccccc2)s1. The predicted octanol–water partition coefficient (Wildman–Crippen LogP) is 4.73. The second-order valence-electron chi connectivity index (χ2n) is 6.52. The molecule has 2 heterocycles. The molecule has 0 saturated carbocycles. The molecule has 32 heavy (non-hydrogen) atoms. The van der Waals surface area contributed by atoms with Gasteiger partial charge in [-0.3, -0.25) is 10.1 Å². The molecule has 2 N–H and O–H groups in total. The van der Waals surface area contributed by atoms with Crippen LogP contribution in [0.2, 0.25) is 0 Å². The van der Waals surface area contributed by atoms with Gasteiger partial charge in [-0.25, -0.2) is 4.79 Å². The van der Waals surface area contributed by atoms with E-state index in [0.717, 1.165) is 41.3 Å². The van der Waals surface area contributed by atoms with Gasteiger partial charge >= 0.3 is 6.09 Å². The van der Waals surface area contributed by atoms with Crippen molar-refractivity contribution in [2.24, 2.45) is 0 Å². The molecule has 0 saturated heterocycles. The number of anilines is 2. The normalized spacial score (nSPS) is 10.1. The molecule has 0 atom stereocenters. The van der Waals surface area contributed by atoms with Gasteiger partial charge in [-0.2, -0.15) is 0 Å². The summed E-state index contributed by atoms with van der Waals surface area (Å²) in [6.07, 6.45) is 3.86. The fraction of sp³-hybridized carbons (Fsp3) is 0.429. The van der Waals surface area contributed by atoms with Crippen molar-refractivity contribution in [3.8, 4) is 0 Å². The van der Waals surface area contributed by atoms with Gasteiger partial charge in [0.2, 0.25) is 16.2 Å². The molecule has 0 aliphatic rings. The number of hydrogen-bond acceptors (Lipinski definition) is 9. The maximum absolute atomic E-state index is 11.7. The summed E-state index contributed by atoms with van der Waals surface area (Å²) in [5.41, 5.74) is 0.991. The smallest absolute Gasteiger partial charge is 0.413 e. The van der Waals surface area contributed by atoms with Crippen LogP contribution in [0.3, 0.4) is 0 Å². The summed E-state index contributed by atoms with van der Waals surface area (Å²) in [6.45, 7) is 6.24. The Morgan fingerprint density at radius 3 is 2.19 bits per heavy atom. The van der Waals surface area contributed by atoms with E-state index in [-0.39, 0.29) is 5.91 Å². The third-order valence-electron chi connectivity index (χ3n) is 3.92. The maximum atomic E-state index is 11.7. The number of hydrogen-bond donors (Lipinski definition) is 2. The van der Waals surface area contributed by atoms with E-state index in [9.17, 15) is 9.59 Å². The monoisotopic (exact) mass is 476 g/mol. The van der Waals surface area contributed by atoms with Crippen LogP contribution in [-0.2, 0) is 28.8 Å². The Hall–Kier alpha value is -2.92. The Labute approximate surface area is 195 Å². The first-order chi connectivity index (χ1) is 15.5. The minimum absolute atomic E-state index is 0.0602. The van der Waals surface area contributed by atoms with Crippen LogP contribution in [-0.4, -0.2) is 39.0 Å². The molecule has 0 aliphatic heterocycles. The molecule has 0 spiro atoms. The van der Waals surface area contributed by atoms with Crippen LogP contribution < -0.4 is 10.6 Å². The molecule has 2 aromatic heterocycles. The number of ether oxygens (including phenoxy) is 1. The van der Waals surface area contributed by atoms with Crippen LogP contribution in [0.15, 0.2) is 30.3 Å². The van der Waals surface area contributed by atoms with Crippen molar-refractivity contribution in [2.75, 3.05) is 17.2 Å². The highest BCUT2D eigenvalue weighted by Crippen LogP contribution is 2.17. The number of rotatable bonds is 9. The van der Waals surface area contributed by atoms with Gasteiger partial charge in [-0.15, -0.1) is 20.4 Å². The van der Waals surface area contributed by atoms with Gasteiger partial charge in [0.25, 0.3) is 0 Å². The maximum Gasteiger partial charge on any atom is 0.413 e. The fourth-order valence-corrected chi connectivity index (χ4v) is 3.84. The zero-order chi connectivity index (χ0) is 23.2. The quantitative estimate of drug-likeness (QED) is 0.458. The molecule has 0 radical (unpaired) electrons. The number of carbonyl (C=O) groups is 2. The number of benzene rings is 1. The molecule has 11 heteroatoms. The fourth-order valence-electron chi connectivity index (χ4n) is 2.38. The number of aromatic nitrogens is 4. The average molecular weight is 477 g/mol. The summed E-state index contributed by atoms with van der Waals surface area (Å²) < 4.78 is 4.73. The molecule has 3 rings (SSSR count). The molecule has 0 fully saturated rings. The lowest BCUT2D eigenvalue weighted by atomic mass is 10.1.